The van der Waals surface area contributed by atoms with Crippen LogP contribution in [0, 0.1) is 13.8 Å². The Bertz CT molecular complexity index is 306. The minimum absolute atomic E-state index is 0.707. The smallest absolute Gasteiger partial charge is 0.125 e. The van der Waals surface area contributed by atoms with Gasteiger partial charge in [0, 0.05) is 20.3 Å². The fourth-order valence-electron chi connectivity index (χ4n) is 1.72. The fourth-order valence-corrected chi connectivity index (χ4v) is 1.72. The van der Waals surface area contributed by atoms with E-state index in [-0.39, 0.29) is 0 Å². The molecule has 1 aromatic rings. The van der Waals surface area contributed by atoms with Crippen molar-refractivity contribution in [2.75, 3.05) is 33.4 Å². The molecule has 96 valence electrons. The van der Waals surface area contributed by atoms with Crippen molar-refractivity contribution >= 4 is 0 Å². The van der Waals surface area contributed by atoms with Crippen molar-refractivity contribution in [3.63, 3.8) is 0 Å². The lowest BCUT2D eigenvalue weighted by Crippen LogP contribution is -2.23. The van der Waals surface area contributed by atoms with Crippen LogP contribution < -0.4 is 10.1 Å². The molecule has 0 bridgehead atoms. The lowest BCUT2D eigenvalue weighted by atomic mass is 10.1. The van der Waals surface area contributed by atoms with E-state index in [2.05, 4.69) is 37.4 Å². The van der Waals surface area contributed by atoms with E-state index in [0.29, 0.717) is 6.61 Å². The minimum atomic E-state index is 0.707. The molecule has 0 spiro atoms. The second-order valence-electron chi connectivity index (χ2n) is 4.17. The lowest BCUT2D eigenvalue weighted by molar-refractivity contribution is 0.193. The van der Waals surface area contributed by atoms with Crippen LogP contribution in [0.15, 0.2) is 18.2 Å². The molecule has 0 atom stereocenters. The number of ether oxygens (including phenoxy) is 2. The summed E-state index contributed by atoms with van der Waals surface area (Å²) < 4.78 is 10.8. The van der Waals surface area contributed by atoms with E-state index in [1.165, 1.54) is 11.1 Å². The van der Waals surface area contributed by atoms with Gasteiger partial charge in [0.2, 0.25) is 0 Å². The van der Waals surface area contributed by atoms with Crippen LogP contribution in [0.4, 0.5) is 0 Å². The summed E-state index contributed by atoms with van der Waals surface area (Å²) in [6.45, 7) is 7.52. The van der Waals surface area contributed by atoms with E-state index in [1.807, 2.05) is 0 Å². The molecule has 3 heteroatoms. The van der Waals surface area contributed by atoms with E-state index >= 15 is 0 Å². The van der Waals surface area contributed by atoms with E-state index in [9.17, 15) is 0 Å². The zero-order valence-electron chi connectivity index (χ0n) is 11.1. The molecule has 0 aromatic heterocycles. The van der Waals surface area contributed by atoms with Crippen LogP contribution in [-0.4, -0.2) is 33.4 Å². The Morgan fingerprint density at radius 3 is 2.41 bits per heavy atom. The summed E-state index contributed by atoms with van der Waals surface area (Å²) in [4.78, 5) is 0. The van der Waals surface area contributed by atoms with Crippen molar-refractivity contribution in [1.29, 1.82) is 0 Å². The quantitative estimate of drug-likeness (QED) is 0.704. The number of benzene rings is 1. The molecule has 0 unspecified atom stereocenters. The van der Waals surface area contributed by atoms with E-state index in [0.717, 1.165) is 31.9 Å². The molecule has 0 heterocycles. The Morgan fingerprint density at radius 1 is 1.06 bits per heavy atom. The Balaban J connectivity index is 2.18. The van der Waals surface area contributed by atoms with Gasteiger partial charge in [0.15, 0.2) is 0 Å². The Kier molecular flexibility index (Phi) is 6.67. The number of rotatable bonds is 8. The summed E-state index contributed by atoms with van der Waals surface area (Å²) in [5, 5.41) is 3.32. The molecule has 0 amide bonds. The van der Waals surface area contributed by atoms with Crippen molar-refractivity contribution in [3.8, 4) is 5.75 Å². The Hall–Kier alpha value is -1.06. The van der Waals surface area contributed by atoms with Gasteiger partial charge >= 0.3 is 0 Å². The van der Waals surface area contributed by atoms with Crippen LogP contribution in [0.3, 0.4) is 0 Å². The molecular weight excluding hydrogens is 214 g/mol. The monoisotopic (exact) mass is 237 g/mol. The second-order valence-corrected chi connectivity index (χ2v) is 4.17. The van der Waals surface area contributed by atoms with Gasteiger partial charge in [0.05, 0.1) is 0 Å². The zero-order valence-corrected chi connectivity index (χ0v) is 11.1. The van der Waals surface area contributed by atoms with Crippen LogP contribution in [-0.2, 0) is 4.74 Å². The van der Waals surface area contributed by atoms with Gasteiger partial charge in [-0.25, -0.2) is 0 Å². The molecule has 17 heavy (non-hydrogen) atoms. The van der Waals surface area contributed by atoms with Crippen LogP contribution in [0.2, 0.25) is 0 Å². The molecule has 0 aliphatic heterocycles. The van der Waals surface area contributed by atoms with Gasteiger partial charge in [-0.15, -0.1) is 0 Å². The van der Waals surface area contributed by atoms with Gasteiger partial charge in [0.25, 0.3) is 0 Å². The zero-order chi connectivity index (χ0) is 12.5. The Morgan fingerprint density at radius 2 is 1.76 bits per heavy atom. The van der Waals surface area contributed by atoms with Crippen LogP contribution in [0.25, 0.3) is 0 Å². The van der Waals surface area contributed by atoms with Crippen LogP contribution in [0.1, 0.15) is 17.5 Å². The average molecular weight is 237 g/mol. The summed E-state index contributed by atoms with van der Waals surface area (Å²) >= 11 is 0. The van der Waals surface area contributed by atoms with Crippen molar-refractivity contribution in [3.05, 3.63) is 29.3 Å². The highest BCUT2D eigenvalue weighted by atomic mass is 16.5. The standard InChI is InChI=1S/C14H23NO2/c1-12-6-4-7-13(2)14(12)17-11-9-15-8-5-10-16-3/h4,6-7,15H,5,8-11H2,1-3H3. The van der Waals surface area contributed by atoms with E-state index in [4.69, 9.17) is 9.47 Å². The fraction of sp³-hybridized carbons (Fsp3) is 0.571. The van der Waals surface area contributed by atoms with Crippen molar-refractivity contribution < 1.29 is 9.47 Å². The number of hydrogen-bond donors (Lipinski definition) is 1. The summed E-state index contributed by atoms with van der Waals surface area (Å²) in [5.41, 5.74) is 2.40. The maximum Gasteiger partial charge on any atom is 0.125 e. The molecule has 0 aliphatic carbocycles. The normalized spacial score (nSPS) is 10.5. The first-order chi connectivity index (χ1) is 8.25. The van der Waals surface area contributed by atoms with Gasteiger partial charge in [-0.2, -0.15) is 0 Å². The highest BCUT2D eigenvalue weighted by Gasteiger charge is 2.01. The molecule has 0 fully saturated rings. The highest BCUT2D eigenvalue weighted by Crippen LogP contribution is 2.21. The number of para-hydroxylation sites is 1. The van der Waals surface area contributed by atoms with Gasteiger partial charge in [-0.1, -0.05) is 18.2 Å². The van der Waals surface area contributed by atoms with Gasteiger partial charge < -0.3 is 14.8 Å². The number of hydrogen-bond acceptors (Lipinski definition) is 3. The number of nitrogens with one attached hydrogen (secondary N) is 1. The Labute approximate surface area is 104 Å². The molecule has 0 saturated carbocycles. The largest absolute Gasteiger partial charge is 0.492 e. The number of aryl methyl sites for hydroxylation is 2. The molecule has 3 nitrogen and oxygen atoms in total. The SMILES string of the molecule is COCCCNCCOc1c(C)cccc1C. The van der Waals surface area contributed by atoms with Gasteiger partial charge in [-0.05, 0) is 37.9 Å². The maximum atomic E-state index is 5.78. The van der Waals surface area contributed by atoms with Gasteiger partial charge in [0.1, 0.15) is 12.4 Å². The molecule has 0 radical (unpaired) electrons. The summed E-state index contributed by atoms with van der Waals surface area (Å²) in [5.74, 6) is 1.02. The lowest BCUT2D eigenvalue weighted by Gasteiger charge is -2.12. The van der Waals surface area contributed by atoms with E-state index < -0.39 is 0 Å². The third-order valence-electron chi connectivity index (χ3n) is 2.64. The van der Waals surface area contributed by atoms with Crippen LogP contribution >= 0.6 is 0 Å². The first-order valence-electron chi connectivity index (χ1n) is 6.14. The van der Waals surface area contributed by atoms with E-state index in [1.54, 1.807) is 7.11 Å². The first-order valence-corrected chi connectivity index (χ1v) is 6.14. The summed E-state index contributed by atoms with van der Waals surface area (Å²) in [6.07, 6.45) is 1.04. The van der Waals surface area contributed by atoms with Gasteiger partial charge in [-0.3, -0.25) is 0 Å². The highest BCUT2D eigenvalue weighted by molar-refractivity contribution is 5.39. The molecule has 1 rings (SSSR count). The molecule has 1 N–H and O–H groups in total. The average Bonchev–Trinajstić information content (AvgIpc) is 2.31. The summed E-state index contributed by atoms with van der Waals surface area (Å²) in [6, 6.07) is 6.21. The molecule has 1 aromatic carbocycles. The van der Waals surface area contributed by atoms with Crippen molar-refractivity contribution in [1.82, 2.24) is 5.32 Å². The maximum absolute atomic E-state index is 5.78. The summed E-state index contributed by atoms with van der Waals surface area (Å²) in [7, 11) is 1.73. The topological polar surface area (TPSA) is 30.5 Å². The van der Waals surface area contributed by atoms with Crippen molar-refractivity contribution in [2.45, 2.75) is 20.3 Å². The third kappa shape index (κ3) is 5.20. The predicted octanol–water partition coefficient (Wildman–Crippen LogP) is 2.31. The second kappa shape index (κ2) is 8.09. The van der Waals surface area contributed by atoms with Crippen molar-refractivity contribution in [2.24, 2.45) is 0 Å². The molecule has 0 aliphatic rings. The molecular formula is C14H23NO2. The minimum Gasteiger partial charge on any atom is -0.492 e. The van der Waals surface area contributed by atoms with Crippen LogP contribution in [0.5, 0.6) is 5.75 Å². The first kappa shape index (κ1) is 14.0. The third-order valence-corrected chi connectivity index (χ3v) is 2.64. The molecule has 0 saturated heterocycles. The number of methoxy groups -OCH3 is 1. The predicted molar refractivity (Wildman–Crippen MR) is 70.8 cm³/mol.